The highest BCUT2D eigenvalue weighted by atomic mass is 19.1. The molecule has 16 heavy (non-hydrogen) atoms. The third kappa shape index (κ3) is 2.53. The van der Waals surface area contributed by atoms with E-state index >= 15 is 0 Å². The molecule has 0 amide bonds. The van der Waals surface area contributed by atoms with Gasteiger partial charge in [-0.05, 0) is 0 Å². The van der Waals surface area contributed by atoms with E-state index in [4.69, 9.17) is 20.3 Å². The summed E-state index contributed by atoms with van der Waals surface area (Å²) in [4.78, 5) is 10.8. The van der Waals surface area contributed by atoms with Gasteiger partial charge in [-0.3, -0.25) is 0 Å². The number of carboxylic acid groups (broad SMARTS) is 1. The molecule has 0 aliphatic carbocycles. The Labute approximate surface area is 91.6 Å². The second kappa shape index (κ2) is 5.20. The summed E-state index contributed by atoms with van der Waals surface area (Å²) in [5, 5.41) is 8.83. The molecule has 0 aliphatic heterocycles. The smallest absolute Gasteiger partial charge is 0.337 e. The summed E-state index contributed by atoms with van der Waals surface area (Å²) >= 11 is 0. The molecule has 0 spiro atoms. The largest absolute Gasteiger partial charge is 0.493 e. The zero-order valence-corrected chi connectivity index (χ0v) is 8.70. The van der Waals surface area contributed by atoms with E-state index in [1.165, 1.54) is 19.2 Å². The number of rotatable bonds is 5. The number of carboxylic acids is 1. The summed E-state index contributed by atoms with van der Waals surface area (Å²) in [6.45, 7) is -0.838. The summed E-state index contributed by atoms with van der Waals surface area (Å²) < 4.78 is 21.9. The van der Waals surface area contributed by atoms with Crippen LogP contribution >= 0.6 is 0 Å². The predicted octanol–water partition coefficient (Wildman–Crippen LogP) is 1.32. The molecule has 3 N–H and O–H groups in total. The van der Waals surface area contributed by atoms with E-state index in [1.807, 2.05) is 0 Å². The number of hydrogen-bond acceptors (Lipinski definition) is 4. The van der Waals surface area contributed by atoms with Gasteiger partial charge in [0.25, 0.3) is 0 Å². The van der Waals surface area contributed by atoms with Crippen molar-refractivity contribution >= 4 is 11.7 Å². The van der Waals surface area contributed by atoms with Gasteiger partial charge in [-0.1, -0.05) is 0 Å². The molecule has 0 aromatic heterocycles. The van der Waals surface area contributed by atoms with E-state index in [1.54, 1.807) is 0 Å². The number of ether oxygens (including phenoxy) is 2. The molecule has 1 rings (SSSR count). The van der Waals surface area contributed by atoms with Gasteiger partial charge in [0.15, 0.2) is 11.5 Å². The maximum Gasteiger partial charge on any atom is 0.337 e. The zero-order chi connectivity index (χ0) is 12.1. The minimum absolute atomic E-state index is 0.0666. The number of anilines is 1. The monoisotopic (exact) mass is 229 g/mol. The number of halogens is 1. The molecule has 5 nitrogen and oxygen atoms in total. The topological polar surface area (TPSA) is 81.8 Å². The molecule has 0 aliphatic rings. The summed E-state index contributed by atoms with van der Waals surface area (Å²) in [6, 6.07) is 2.54. The Morgan fingerprint density at radius 2 is 2.19 bits per heavy atom. The number of alkyl halides is 1. The van der Waals surface area contributed by atoms with Crippen LogP contribution in [0.4, 0.5) is 10.1 Å². The molecule has 0 fully saturated rings. The van der Waals surface area contributed by atoms with E-state index < -0.39 is 12.6 Å². The third-order valence-corrected chi connectivity index (χ3v) is 1.90. The van der Waals surface area contributed by atoms with E-state index in [2.05, 4.69) is 0 Å². The predicted molar refractivity (Wildman–Crippen MR) is 55.8 cm³/mol. The fourth-order valence-corrected chi connectivity index (χ4v) is 1.18. The number of methoxy groups -OCH3 is 1. The average molecular weight is 229 g/mol. The fraction of sp³-hybridized carbons (Fsp3) is 0.300. The van der Waals surface area contributed by atoms with Gasteiger partial charge < -0.3 is 20.3 Å². The summed E-state index contributed by atoms with van der Waals surface area (Å²) in [5.41, 5.74) is 5.47. The molecule has 6 heteroatoms. The number of nitrogen functional groups attached to an aromatic ring is 1. The Morgan fingerprint density at radius 3 is 2.69 bits per heavy atom. The Hall–Kier alpha value is -1.98. The van der Waals surface area contributed by atoms with Crippen LogP contribution in [0.1, 0.15) is 10.4 Å². The molecule has 0 radical (unpaired) electrons. The van der Waals surface area contributed by atoms with Crippen molar-refractivity contribution in [2.24, 2.45) is 0 Å². The van der Waals surface area contributed by atoms with Crippen LogP contribution in [0.15, 0.2) is 12.1 Å². The van der Waals surface area contributed by atoms with E-state index in [9.17, 15) is 9.18 Å². The van der Waals surface area contributed by atoms with Gasteiger partial charge in [0.05, 0.1) is 18.4 Å². The van der Waals surface area contributed by atoms with E-state index in [0.29, 0.717) is 0 Å². The molecular weight excluding hydrogens is 217 g/mol. The lowest BCUT2D eigenvalue weighted by atomic mass is 10.1. The van der Waals surface area contributed by atoms with Crippen LogP contribution in [-0.2, 0) is 0 Å². The Bertz CT molecular complexity index is 395. The van der Waals surface area contributed by atoms with Crippen molar-refractivity contribution in [1.82, 2.24) is 0 Å². The van der Waals surface area contributed by atoms with E-state index in [0.717, 1.165) is 0 Å². The van der Waals surface area contributed by atoms with Gasteiger partial charge in [0, 0.05) is 12.1 Å². The molecule has 0 unspecified atom stereocenters. The first-order chi connectivity index (χ1) is 7.60. The normalized spacial score (nSPS) is 9.88. The van der Waals surface area contributed by atoms with Gasteiger partial charge in [-0.15, -0.1) is 0 Å². The highest BCUT2D eigenvalue weighted by Crippen LogP contribution is 2.32. The molecule has 1 aromatic carbocycles. The van der Waals surface area contributed by atoms with Crippen molar-refractivity contribution in [1.29, 1.82) is 0 Å². The standard InChI is InChI=1S/C10H12FNO4/c1-15-8-5-7(12)6(10(13)14)4-9(8)16-3-2-11/h4-5H,2-3,12H2,1H3,(H,13,14). The quantitative estimate of drug-likeness (QED) is 0.744. The molecule has 0 atom stereocenters. The maximum absolute atomic E-state index is 11.9. The SMILES string of the molecule is COc1cc(N)c(C(=O)O)cc1OCCF. The Morgan fingerprint density at radius 1 is 1.50 bits per heavy atom. The second-order valence-corrected chi connectivity index (χ2v) is 2.93. The third-order valence-electron chi connectivity index (χ3n) is 1.90. The van der Waals surface area contributed by atoms with Crippen LogP contribution in [0, 0.1) is 0 Å². The van der Waals surface area contributed by atoms with Crippen molar-refractivity contribution in [3.63, 3.8) is 0 Å². The molecule has 0 saturated carbocycles. The lowest BCUT2D eigenvalue weighted by molar-refractivity contribution is 0.0697. The first-order valence-electron chi connectivity index (χ1n) is 4.49. The molecule has 1 aromatic rings. The molecule has 0 bridgehead atoms. The van der Waals surface area contributed by atoms with E-state index in [-0.39, 0.29) is 29.4 Å². The van der Waals surface area contributed by atoms with Crippen molar-refractivity contribution in [2.75, 3.05) is 26.1 Å². The average Bonchev–Trinajstić information content (AvgIpc) is 2.26. The zero-order valence-electron chi connectivity index (χ0n) is 8.70. The number of hydrogen-bond donors (Lipinski definition) is 2. The highest BCUT2D eigenvalue weighted by Gasteiger charge is 2.14. The number of carbonyl (C=O) groups is 1. The van der Waals surface area contributed by atoms with Crippen molar-refractivity contribution < 1.29 is 23.8 Å². The Balaban J connectivity index is 3.12. The van der Waals surface area contributed by atoms with Crippen LogP contribution < -0.4 is 15.2 Å². The number of nitrogens with two attached hydrogens (primary N) is 1. The van der Waals surface area contributed by atoms with Gasteiger partial charge >= 0.3 is 5.97 Å². The lowest BCUT2D eigenvalue weighted by Gasteiger charge is -2.11. The van der Waals surface area contributed by atoms with Gasteiger partial charge in [0.1, 0.15) is 13.3 Å². The highest BCUT2D eigenvalue weighted by molar-refractivity contribution is 5.94. The number of benzene rings is 1. The summed E-state index contributed by atoms with van der Waals surface area (Å²) in [6.07, 6.45) is 0. The van der Waals surface area contributed by atoms with Gasteiger partial charge in [0.2, 0.25) is 0 Å². The fourth-order valence-electron chi connectivity index (χ4n) is 1.18. The number of aromatic carboxylic acids is 1. The van der Waals surface area contributed by atoms with Crippen LogP contribution in [0.5, 0.6) is 11.5 Å². The lowest BCUT2D eigenvalue weighted by Crippen LogP contribution is -2.06. The Kier molecular flexibility index (Phi) is 3.93. The molecular formula is C10H12FNO4. The maximum atomic E-state index is 11.9. The minimum atomic E-state index is -1.18. The first-order valence-corrected chi connectivity index (χ1v) is 4.49. The molecule has 0 saturated heterocycles. The van der Waals surface area contributed by atoms with Crippen LogP contribution in [-0.4, -0.2) is 31.5 Å². The van der Waals surface area contributed by atoms with Crippen molar-refractivity contribution in [2.45, 2.75) is 0 Å². The minimum Gasteiger partial charge on any atom is -0.493 e. The molecule has 88 valence electrons. The van der Waals surface area contributed by atoms with Crippen molar-refractivity contribution in [3.05, 3.63) is 17.7 Å². The summed E-state index contributed by atoms with van der Waals surface area (Å²) in [5.74, 6) is -0.743. The van der Waals surface area contributed by atoms with Crippen molar-refractivity contribution in [3.8, 4) is 11.5 Å². The molecule has 0 heterocycles. The second-order valence-electron chi connectivity index (χ2n) is 2.93. The van der Waals surface area contributed by atoms with Crippen LogP contribution in [0.3, 0.4) is 0 Å². The first kappa shape index (κ1) is 12.1. The van der Waals surface area contributed by atoms with Crippen LogP contribution in [0.2, 0.25) is 0 Å². The van der Waals surface area contributed by atoms with Gasteiger partial charge in [-0.2, -0.15) is 0 Å². The van der Waals surface area contributed by atoms with Crippen LogP contribution in [0.25, 0.3) is 0 Å². The van der Waals surface area contributed by atoms with Gasteiger partial charge in [-0.25, -0.2) is 9.18 Å². The summed E-state index contributed by atoms with van der Waals surface area (Å²) in [7, 11) is 1.39.